The minimum absolute atomic E-state index is 0.208. The average molecular weight is 387 g/mol. The van der Waals surface area contributed by atoms with E-state index in [1.165, 1.54) is 38.5 Å². The lowest BCUT2D eigenvalue weighted by Gasteiger charge is -2.14. The summed E-state index contributed by atoms with van der Waals surface area (Å²) in [6, 6.07) is 7.38. The van der Waals surface area contributed by atoms with E-state index in [1.807, 2.05) is 24.3 Å². The Bertz CT molecular complexity index is 507. The van der Waals surface area contributed by atoms with E-state index in [-0.39, 0.29) is 11.6 Å². The van der Waals surface area contributed by atoms with Crippen LogP contribution < -0.4 is 0 Å². The summed E-state index contributed by atoms with van der Waals surface area (Å²) in [6.07, 6.45) is 12.9. The molecule has 0 aromatic heterocycles. The Kier molecular flexibility index (Phi) is 12.8. The highest BCUT2D eigenvalue weighted by atomic mass is 16.1. The fraction of sp³-hybridized carbons (Fsp3) is 0.692. The molecule has 0 aliphatic rings. The van der Waals surface area contributed by atoms with Gasteiger partial charge in [-0.25, -0.2) is 0 Å². The first-order valence-corrected chi connectivity index (χ1v) is 11.7. The lowest BCUT2D eigenvalue weighted by Crippen LogP contribution is -2.07. The zero-order valence-electron chi connectivity index (χ0n) is 18.8. The molecule has 0 heterocycles. The van der Waals surface area contributed by atoms with E-state index < -0.39 is 0 Å². The number of Topliss-reactive ketones (excluding diaryl/α,β-unsaturated/α-hetero) is 2. The third kappa shape index (κ3) is 9.17. The molecule has 1 aromatic carbocycles. The topological polar surface area (TPSA) is 34.1 Å². The Hall–Kier alpha value is -1.44. The van der Waals surface area contributed by atoms with Crippen molar-refractivity contribution in [2.45, 2.75) is 105 Å². The van der Waals surface area contributed by atoms with Gasteiger partial charge in [0.25, 0.3) is 0 Å². The van der Waals surface area contributed by atoms with E-state index in [4.69, 9.17) is 0 Å². The van der Waals surface area contributed by atoms with E-state index in [0.29, 0.717) is 24.7 Å². The standard InChI is InChI=1S/C26H42O2/c1-5-9-11-21(7-3)13-19-25(27)23-15-17-24(18-16-23)26(28)20-14-22(8-4)12-10-6-2/h15-18,21-22H,5-14,19-20H2,1-4H3. The number of carbonyl (C=O) groups is 2. The van der Waals surface area contributed by atoms with Crippen molar-refractivity contribution in [1.29, 1.82) is 0 Å². The smallest absolute Gasteiger partial charge is 0.162 e. The summed E-state index contributed by atoms with van der Waals surface area (Å²) >= 11 is 0. The van der Waals surface area contributed by atoms with Gasteiger partial charge in [0.2, 0.25) is 0 Å². The predicted octanol–water partition coefficient (Wildman–Crippen LogP) is 8.05. The van der Waals surface area contributed by atoms with Crippen molar-refractivity contribution in [2.24, 2.45) is 11.8 Å². The van der Waals surface area contributed by atoms with Crippen LogP contribution >= 0.6 is 0 Å². The predicted molar refractivity (Wildman–Crippen MR) is 120 cm³/mol. The number of hydrogen-bond donors (Lipinski definition) is 0. The number of carbonyl (C=O) groups excluding carboxylic acids is 2. The maximum atomic E-state index is 12.5. The Morgan fingerprint density at radius 2 is 1.00 bits per heavy atom. The van der Waals surface area contributed by atoms with Crippen molar-refractivity contribution in [1.82, 2.24) is 0 Å². The first-order chi connectivity index (χ1) is 13.5. The lowest BCUT2D eigenvalue weighted by molar-refractivity contribution is 0.0961. The molecule has 1 aromatic rings. The largest absolute Gasteiger partial charge is 0.294 e. The number of ketones is 2. The van der Waals surface area contributed by atoms with Gasteiger partial charge in [0, 0.05) is 24.0 Å². The maximum Gasteiger partial charge on any atom is 0.162 e. The second-order valence-electron chi connectivity index (χ2n) is 8.33. The molecule has 0 aliphatic carbocycles. The van der Waals surface area contributed by atoms with Gasteiger partial charge in [-0.1, -0.05) is 103 Å². The van der Waals surface area contributed by atoms with Gasteiger partial charge in [-0.05, 0) is 24.7 Å². The fourth-order valence-electron chi connectivity index (χ4n) is 3.89. The lowest BCUT2D eigenvalue weighted by atomic mass is 9.91. The minimum atomic E-state index is 0.208. The van der Waals surface area contributed by atoms with E-state index in [9.17, 15) is 9.59 Å². The molecular weight excluding hydrogens is 344 g/mol. The zero-order valence-corrected chi connectivity index (χ0v) is 18.8. The van der Waals surface area contributed by atoms with Crippen molar-refractivity contribution < 1.29 is 9.59 Å². The summed E-state index contributed by atoms with van der Waals surface area (Å²) in [4.78, 5) is 25.0. The summed E-state index contributed by atoms with van der Waals surface area (Å²) in [5.74, 6) is 1.73. The summed E-state index contributed by atoms with van der Waals surface area (Å²) in [5.41, 5.74) is 1.49. The second-order valence-corrected chi connectivity index (χ2v) is 8.33. The number of hydrogen-bond acceptors (Lipinski definition) is 2. The normalized spacial score (nSPS) is 13.3. The van der Waals surface area contributed by atoms with Gasteiger partial charge in [0.1, 0.15) is 0 Å². The zero-order chi connectivity index (χ0) is 20.8. The van der Waals surface area contributed by atoms with E-state index in [2.05, 4.69) is 27.7 Å². The molecule has 0 radical (unpaired) electrons. The molecule has 0 amide bonds. The number of benzene rings is 1. The molecule has 0 aliphatic heterocycles. The van der Waals surface area contributed by atoms with Crippen LogP contribution in [0, 0.1) is 11.8 Å². The first-order valence-electron chi connectivity index (χ1n) is 11.7. The van der Waals surface area contributed by atoms with E-state index >= 15 is 0 Å². The van der Waals surface area contributed by atoms with Crippen LogP contribution in [0.4, 0.5) is 0 Å². The molecule has 1 rings (SSSR count). The van der Waals surface area contributed by atoms with Crippen molar-refractivity contribution in [3.05, 3.63) is 35.4 Å². The molecule has 0 N–H and O–H groups in total. The van der Waals surface area contributed by atoms with Gasteiger partial charge in [-0.2, -0.15) is 0 Å². The van der Waals surface area contributed by atoms with Crippen LogP contribution in [-0.2, 0) is 0 Å². The van der Waals surface area contributed by atoms with Crippen molar-refractivity contribution >= 4 is 11.6 Å². The molecule has 2 unspecified atom stereocenters. The van der Waals surface area contributed by atoms with E-state index in [0.717, 1.165) is 36.8 Å². The molecule has 2 nitrogen and oxygen atoms in total. The van der Waals surface area contributed by atoms with Gasteiger partial charge in [0.05, 0.1) is 0 Å². The molecule has 0 saturated carbocycles. The molecule has 28 heavy (non-hydrogen) atoms. The van der Waals surface area contributed by atoms with Gasteiger partial charge in [-0.15, -0.1) is 0 Å². The molecule has 2 atom stereocenters. The summed E-state index contributed by atoms with van der Waals surface area (Å²) < 4.78 is 0. The molecule has 2 heteroatoms. The van der Waals surface area contributed by atoms with Gasteiger partial charge >= 0.3 is 0 Å². The molecule has 0 saturated heterocycles. The summed E-state index contributed by atoms with van der Waals surface area (Å²) in [6.45, 7) is 8.87. The van der Waals surface area contributed by atoms with Crippen LogP contribution in [0.1, 0.15) is 125 Å². The van der Waals surface area contributed by atoms with Crippen LogP contribution in [0.5, 0.6) is 0 Å². The first kappa shape index (κ1) is 24.6. The van der Waals surface area contributed by atoms with Gasteiger partial charge in [0.15, 0.2) is 11.6 Å². The Balaban J connectivity index is 2.50. The van der Waals surface area contributed by atoms with Gasteiger partial charge in [-0.3, -0.25) is 9.59 Å². The second kappa shape index (κ2) is 14.5. The molecular formula is C26H42O2. The highest BCUT2D eigenvalue weighted by Crippen LogP contribution is 2.22. The molecule has 158 valence electrons. The van der Waals surface area contributed by atoms with Gasteiger partial charge < -0.3 is 0 Å². The average Bonchev–Trinajstić information content (AvgIpc) is 2.73. The third-order valence-corrected chi connectivity index (χ3v) is 6.17. The van der Waals surface area contributed by atoms with Crippen LogP contribution in [0.15, 0.2) is 24.3 Å². The monoisotopic (exact) mass is 386 g/mol. The van der Waals surface area contributed by atoms with Crippen molar-refractivity contribution in [3.63, 3.8) is 0 Å². The van der Waals surface area contributed by atoms with Crippen molar-refractivity contribution in [3.8, 4) is 0 Å². The van der Waals surface area contributed by atoms with Crippen LogP contribution in [0.3, 0.4) is 0 Å². The summed E-state index contributed by atoms with van der Waals surface area (Å²) in [7, 11) is 0. The summed E-state index contributed by atoms with van der Waals surface area (Å²) in [5, 5.41) is 0. The molecule has 0 fully saturated rings. The van der Waals surface area contributed by atoms with Crippen molar-refractivity contribution in [2.75, 3.05) is 0 Å². The SMILES string of the molecule is CCCCC(CC)CCC(=O)c1ccc(C(=O)CCC(CC)CCCC)cc1. The van der Waals surface area contributed by atoms with Crippen LogP contribution in [-0.4, -0.2) is 11.6 Å². The quantitative estimate of drug-likeness (QED) is 0.269. The fourth-order valence-corrected chi connectivity index (χ4v) is 3.89. The molecule has 0 bridgehead atoms. The van der Waals surface area contributed by atoms with Crippen LogP contribution in [0.2, 0.25) is 0 Å². The highest BCUT2D eigenvalue weighted by molar-refractivity contribution is 5.99. The highest BCUT2D eigenvalue weighted by Gasteiger charge is 2.14. The Morgan fingerprint density at radius 3 is 1.29 bits per heavy atom. The number of rotatable bonds is 16. The van der Waals surface area contributed by atoms with Crippen LogP contribution in [0.25, 0.3) is 0 Å². The molecule has 0 spiro atoms. The number of unbranched alkanes of at least 4 members (excludes halogenated alkanes) is 2. The third-order valence-electron chi connectivity index (χ3n) is 6.17. The minimum Gasteiger partial charge on any atom is -0.294 e. The Morgan fingerprint density at radius 1 is 0.643 bits per heavy atom. The Labute approximate surface area is 173 Å². The van der Waals surface area contributed by atoms with E-state index in [1.54, 1.807) is 0 Å². The maximum absolute atomic E-state index is 12.5.